The maximum Gasteiger partial charge on any atom is 0.159 e. The van der Waals surface area contributed by atoms with Crippen molar-refractivity contribution in [3.63, 3.8) is 0 Å². The Labute approximate surface area is 137 Å². The van der Waals surface area contributed by atoms with Crippen molar-refractivity contribution in [3.8, 4) is 22.8 Å². The van der Waals surface area contributed by atoms with Crippen LogP contribution >= 0.6 is 0 Å². The lowest BCUT2D eigenvalue weighted by Crippen LogP contribution is -1.84. The zero-order valence-electron chi connectivity index (χ0n) is 12.7. The van der Waals surface area contributed by atoms with Gasteiger partial charge in [0.05, 0.1) is 22.2 Å². The summed E-state index contributed by atoms with van der Waals surface area (Å²) in [5.41, 5.74) is 5.73. The van der Waals surface area contributed by atoms with Crippen molar-refractivity contribution in [2.75, 3.05) is 0 Å². The van der Waals surface area contributed by atoms with E-state index in [1.54, 1.807) is 6.20 Å². The molecular formula is C19H13N5. The van der Waals surface area contributed by atoms with Crippen molar-refractivity contribution >= 4 is 21.9 Å². The van der Waals surface area contributed by atoms with Gasteiger partial charge in [-0.05, 0) is 36.4 Å². The Kier molecular flexibility index (Phi) is 2.72. The number of nitrogens with one attached hydrogen (secondary N) is 2. The summed E-state index contributed by atoms with van der Waals surface area (Å²) in [6.07, 6.45) is 1.80. The van der Waals surface area contributed by atoms with E-state index in [4.69, 9.17) is 0 Å². The quantitative estimate of drug-likeness (QED) is 0.514. The van der Waals surface area contributed by atoms with Crippen LogP contribution in [0.3, 0.4) is 0 Å². The van der Waals surface area contributed by atoms with Gasteiger partial charge in [-0.2, -0.15) is 5.10 Å². The lowest BCUT2D eigenvalue weighted by atomic mass is 10.1. The standard InChI is InChI=1S/C19H13N5/c1-2-7-17-16(6-1)21-19(22-17)18-13-11-12(8-9-15(13)23-24-18)14-5-3-4-10-20-14/h1-11H,(H,21,22)(H,23,24). The summed E-state index contributed by atoms with van der Waals surface area (Å²) >= 11 is 0. The van der Waals surface area contributed by atoms with Crippen LogP contribution in [-0.2, 0) is 0 Å². The molecule has 0 aliphatic rings. The molecule has 5 aromatic rings. The molecule has 0 saturated carbocycles. The molecule has 2 aromatic carbocycles. The fraction of sp³-hybridized carbons (Fsp3) is 0. The van der Waals surface area contributed by atoms with Crippen LogP contribution < -0.4 is 0 Å². The molecule has 0 unspecified atom stereocenters. The first-order chi connectivity index (χ1) is 11.9. The molecule has 2 N–H and O–H groups in total. The van der Waals surface area contributed by atoms with Crippen LogP contribution in [0.25, 0.3) is 44.7 Å². The molecule has 5 nitrogen and oxygen atoms in total. The van der Waals surface area contributed by atoms with Crippen LogP contribution in [0.1, 0.15) is 0 Å². The Hall–Kier alpha value is -3.47. The first-order valence-corrected chi connectivity index (χ1v) is 7.73. The van der Waals surface area contributed by atoms with E-state index in [0.29, 0.717) is 0 Å². The molecule has 0 atom stereocenters. The normalized spacial score (nSPS) is 11.3. The number of nitrogens with zero attached hydrogens (tertiary/aromatic N) is 3. The highest BCUT2D eigenvalue weighted by Crippen LogP contribution is 2.29. The molecular weight excluding hydrogens is 298 g/mol. The Morgan fingerprint density at radius 1 is 0.833 bits per heavy atom. The van der Waals surface area contributed by atoms with Crippen molar-refractivity contribution in [1.82, 2.24) is 25.1 Å². The summed E-state index contributed by atoms with van der Waals surface area (Å²) in [6, 6.07) is 20.1. The molecule has 0 aliphatic carbocycles. The third-order valence-electron chi connectivity index (χ3n) is 4.14. The summed E-state index contributed by atoms with van der Waals surface area (Å²) < 4.78 is 0. The van der Waals surface area contributed by atoms with Gasteiger partial charge < -0.3 is 4.98 Å². The lowest BCUT2D eigenvalue weighted by Gasteiger charge is -2.01. The Balaban J connectivity index is 1.71. The molecule has 0 radical (unpaired) electrons. The van der Waals surface area contributed by atoms with E-state index in [1.807, 2.05) is 54.6 Å². The molecule has 3 aromatic heterocycles. The number of benzene rings is 2. The molecule has 0 fully saturated rings. The zero-order valence-corrected chi connectivity index (χ0v) is 12.7. The molecule has 5 heteroatoms. The number of aromatic nitrogens is 5. The Bertz CT molecular complexity index is 1120. The fourth-order valence-corrected chi connectivity index (χ4v) is 2.95. The third-order valence-corrected chi connectivity index (χ3v) is 4.14. The maximum atomic E-state index is 4.65. The van der Waals surface area contributed by atoms with E-state index in [-0.39, 0.29) is 0 Å². The van der Waals surface area contributed by atoms with Gasteiger partial charge in [-0.15, -0.1) is 0 Å². The number of pyridine rings is 1. The van der Waals surface area contributed by atoms with Gasteiger partial charge in [0, 0.05) is 17.1 Å². The van der Waals surface area contributed by atoms with Gasteiger partial charge >= 0.3 is 0 Å². The molecule has 3 heterocycles. The SMILES string of the molecule is c1ccc(-c2ccc3[nH]nc(-c4nc5ccccc5[nH]4)c3c2)nc1. The predicted molar refractivity (Wildman–Crippen MR) is 94.4 cm³/mol. The van der Waals surface area contributed by atoms with Crippen LogP contribution in [0.4, 0.5) is 0 Å². The Morgan fingerprint density at radius 3 is 2.62 bits per heavy atom. The van der Waals surface area contributed by atoms with Crippen molar-refractivity contribution in [1.29, 1.82) is 0 Å². The van der Waals surface area contributed by atoms with Gasteiger partial charge in [0.25, 0.3) is 0 Å². The van der Waals surface area contributed by atoms with Crippen LogP contribution in [-0.4, -0.2) is 25.1 Å². The van der Waals surface area contributed by atoms with Gasteiger partial charge in [-0.1, -0.05) is 24.3 Å². The summed E-state index contributed by atoms with van der Waals surface area (Å²) in [5.74, 6) is 0.764. The first-order valence-electron chi connectivity index (χ1n) is 7.73. The van der Waals surface area contributed by atoms with E-state index in [9.17, 15) is 0 Å². The van der Waals surface area contributed by atoms with E-state index in [0.717, 1.165) is 44.7 Å². The number of fused-ring (bicyclic) bond motifs is 2. The van der Waals surface area contributed by atoms with Crippen LogP contribution in [0.15, 0.2) is 66.9 Å². The Morgan fingerprint density at radius 2 is 1.75 bits per heavy atom. The zero-order chi connectivity index (χ0) is 15.9. The van der Waals surface area contributed by atoms with Crippen LogP contribution in [0.5, 0.6) is 0 Å². The van der Waals surface area contributed by atoms with Gasteiger partial charge in [0.15, 0.2) is 5.82 Å². The molecule has 0 aliphatic heterocycles. The van der Waals surface area contributed by atoms with Gasteiger partial charge in [0.2, 0.25) is 0 Å². The summed E-state index contributed by atoms with van der Waals surface area (Å²) in [5, 5.41) is 8.56. The van der Waals surface area contributed by atoms with Crippen molar-refractivity contribution in [2.45, 2.75) is 0 Å². The number of para-hydroxylation sites is 2. The molecule has 0 spiro atoms. The second kappa shape index (κ2) is 5.03. The highest BCUT2D eigenvalue weighted by atomic mass is 15.1. The highest BCUT2D eigenvalue weighted by Gasteiger charge is 2.13. The molecule has 24 heavy (non-hydrogen) atoms. The largest absolute Gasteiger partial charge is 0.337 e. The maximum absolute atomic E-state index is 4.65. The minimum atomic E-state index is 0.764. The molecule has 114 valence electrons. The number of imidazole rings is 1. The topological polar surface area (TPSA) is 70.2 Å². The summed E-state index contributed by atoms with van der Waals surface area (Å²) in [7, 11) is 0. The predicted octanol–water partition coefficient (Wildman–Crippen LogP) is 4.17. The highest BCUT2D eigenvalue weighted by molar-refractivity contribution is 5.95. The first kappa shape index (κ1) is 13.0. The molecule has 0 bridgehead atoms. The van der Waals surface area contributed by atoms with E-state index in [2.05, 4.69) is 31.2 Å². The fourth-order valence-electron chi connectivity index (χ4n) is 2.95. The van der Waals surface area contributed by atoms with Crippen LogP contribution in [0.2, 0.25) is 0 Å². The van der Waals surface area contributed by atoms with Crippen LogP contribution in [0, 0.1) is 0 Å². The molecule has 0 saturated heterocycles. The average molecular weight is 311 g/mol. The van der Waals surface area contributed by atoms with E-state index >= 15 is 0 Å². The number of rotatable bonds is 2. The molecule has 0 amide bonds. The number of hydrogen-bond acceptors (Lipinski definition) is 3. The summed E-state index contributed by atoms with van der Waals surface area (Å²) in [6.45, 7) is 0. The minimum Gasteiger partial charge on any atom is -0.337 e. The lowest BCUT2D eigenvalue weighted by molar-refractivity contribution is 1.11. The number of hydrogen-bond donors (Lipinski definition) is 2. The van der Waals surface area contributed by atoms with Gasteiger partial charge in [-0.25, -0.2) is 4.98 Å². The van der Waals surface area contributed by atoms with Crippen molar-refractivity contribution < 1.29 is 0 Å². The summed E-state index contributed by atoms with van der Waals surface area (Å²) in [4.78, 5) is 12.4. The monoisotopic (exact) mass is 311 g/mol. The molecule has 5 rings (SSSR count). The van der Waals surface area contributed by atoms with Crippen molar-refractivity contribution in [2.24, 2.45) is 0 Å². The number of aromatic amines is 2. The van der Waals surface area contributed by atoms with Gasteiger partial charge in [-0.3, -0.25) is 10.1 Å². The third kappa shape index (κ3) is 1.99. The second-order valence-electron chi connectivity index (χ2n) is 5.65. The van der Waals surface area contributed by atoms with E-state index < -0.39 is 0 Å². The smallest absolute Gasteiger partial charge is 0.159 e. The second-order valence-corrected chi connectivity index (χ2v) is 5.65. The average Bonchev–Trinajstić information content (AvgIpc) is 3.25. The van der Waals surface area contributed by atoms with E-state index in [1.165, 1.54) is 0 Å². The van der Waals surface area contributed by atoms with Crippen molar-refractivity contribution in [3.05, 3.63) is 66.9 Å². The minimum absolute atomic E-state index is 0.764. The number of H-pyrrole nitrogens is 2. The van der Waals surface area contributed by atoms with Gasteiger partial charge in [0.1, 0.15) is 5.69 Å².